The van der Waals surface area contributed by atoms with Crippen molar-refractivity contribution in [3.8, 4) is 5.82 Å². The quantitative estimate of drug-likeness (QED) is 0.712. The van der Waals surface area contributed by atoms with Crippen molar-refractivity contribution < 1.29 is 9.53 Å². The van der Waals surface area contributed by atoms with Crippen LogP contribution in [-0.2, 0) is 11.3 Å². The summed E-state index contributed by atoms with van der Waals surface area (Å²) in [4.78, 5) is 16.3. The average molecular weight is 357 g/mol. The second kappa shape index (κ2) is 9.91. The van der Waals surface area contributed by atoms with Gasteiger partial charge in [0.1, 0.15) is 0 Å². The van der Waals surface area contributed by atoms with Gasteiger partial charge in [-0.15, -0.1) is 0 Å². The number of pyridine rings is 1. The van der Waals surface area contributed by atoms with E-state index in [1.807, 2.05) is 24.4 Å². The number of nitrogens with zero attached hydrogens (tertiary/aromatic N) is 3. The first kappa shape index (κ1) is 18.4. The molecule has 2 aromatic rings. The molecule has 0 atom stereocenters. The number of carbonyl (C=O) groups excluding carboxylic acids is 1. The van der Waals surface area contributed by atoms with Crippen LogP contribution in [0.1, 0.15) is 44.1 Å². The maximum Gasteiger partial charge on any atom is 0.315 e. The van der Waals surface area contributed by atoms with Crippen LogP contribution in [0.3, 0.4) is 0 Å². The first-order chi connectivity index (χ1) is 12.8. The molecule has 1 aliphatic rings. The number of ether oxygens (including phenoxy) is 1. The van der Waals surface area contributed by atoms with Crippen molar-refractivity contribution in [1.82, 2.24) is 25.4 Å². The second-order valence-electron chi connectivity index (χ2n) is 6.53. The summed E-state index contributed by atoms with van der Waals surface area (Å²) in [7, 11) is 0. The molecule has 0 spiro atoms. The number of amides is 2. The molecule has 0 aliphatic heterocycles. The molecule has 7 heteroatoms. The molecule has 1 saturated carbocycles. The smallest absolute Gasteiger partial charge is 0.315 e. The molecule has 2 aromatic heterocycles. The Bertz CT molecular complexity index is 668. The van der Waals surface area contributed by atoms with E-state index in [0.717, 1.165) is 17.8 Å². The van der Waals surface area contributed by atoms with Crippen LogP contribution < -0.4 is 10.6 Å². The van der Waals surface area contributed by atoms with Gasteiger partial charge in [0, 0.05) is 43.9 Å². The number of rotatable bonds is 8. The largest absolute Gasteiger partial charge is 0.378 e. The Morgan fingerprint density at radius 3 is 2.88 bits per heavy atom. The predicted octanol–water partition coefficient (Wildman–Crippen LogP) is 2.81. The molecule has 2 amide bonds. The monoisotopic (exact) mass is 357 g/mol. The molecule has 2 heterocycles. The number of aromatic nitrogens is 3. The first-order valence-corrected chi connectivity index (χ1v) is 9.40. The van der Waals surface area contributed by atoms with E-state index in [1.54, 1.807) is 17.1 Å². The van der Waals surface area contributed by atoms with Crippen LogP contribution in [0.5, 0.6) is 0 Å². The van der Waals surface area contributed by atoms with E-state index in [2.05, 4.69) is 20.7 Å². The van der Waals surface area contributed by atoms with Gasteiger partial charge in [0.2, 0.25) is 0 Å². The van der Waals surface area contributed by atoms with Crippen LogP contribution in [0, 0.1) is 0 Å². The van der Waals surface area contributed by atoms with Crippen molar-refractivity contribution >= 4 is 6.03 Å². The van der Waals surface area contributed by atoms with Crippen LogP contribution in [0.4, 0.5) is 4.79 Å². The minimum atomic E-state index is -0.182. The van der Waals surface area contributed by atoms with E-state index in [0.29, 0.717) is 25.8 Å². The highest BCUT2D eigenvalue weighted by Gasteiger charge is 2.13. The molecule has 140 valence electrons. The lowest BCUT2D eigenvalue weighted by molar-refractivity contribution is 0.0275. The summed E-state index contributed by atoms with van der Waals surface area (Å²) in [6.45, 7) is 1.71. The van der Waals surface area contributed by atoms with Gasteiger partial charge in [-0.1, -0.05) is 25.3 Å². The van der Waals surface area contributed by atoms with E-state index < -0.39 is 0 Å². The molecule has 0 bridgehead atoms. The molecule has 0 aromatic carbocycles. The van der Waals surface area contributed by atoms with Crippen LogP contribution >= 0.6 is 0 Å². The molecule has 0 radical (unpaired) electrons. The van der Waals surface area contributed by atoms with Gasteiger partial charge in [-0.2, -0.15) is 5.10 Å². The fourth-order valence-electron chi connectivity index (χ4n) is 3.16. The molecular formula is C19H27N5O2. The number of hydrogen-bond acceptors (Lipinski definition) is 4. The third-order valence-electron chi connectivity index (χ3n) is 4.54. The molecule has 0 unspecified atom stereocenters. The lowest BCUT2D eigenvalue weighted by Crippen LogP contribution is -2.36. The Morgan fingerprint density at radius 2 is 2.08 bits per heavy atom. The number of carbonyl (C=O) groups is 1. The summed E-state index contributed by atoms with van der Waals surface area (Å²) in [6, 6.07) is 5.44. The van der Waals surface area contributed by atoms with E-state index in [-0.39, 0.29) is 6.03 Å². The lowest BCUT2D eigenvalue weighted by atomic mass is 9.98. The molecular weight excluding hydrogens is 330 g/mol. The maximum absolute atomic E-state index is 12.0. The third-order valence-corrected chi connectivity index (χ3v) is 4.54. The summed E-state index contributed by atoms with van der Waals surface area (Å²) in [5.41, 5.74) is 0.909. The van der Waals surface area contributed by atoms with Gasteiger partial charge in [-0.3, -0.25) is 0 Å². The summed E-state index contributed by atoms with van der Waals surface area (Å²) in [6.07, 6.45) is 12.7. The SMILES string of the molecule is O=C(NCCCOC1CCCCC1)NCc1cccnc1-n1cccn1. The molecule has 2 N–H and O–H groups in total. The number of nitrogens with one attached hydrogen (secondary N) is 2. The Morgan fingerprint density at radius 1 is 1.19 bits per heavy atom. The predicted molar refractivity (Wildman–Crippen MR) is 99.0 cm³/mol. The summed E-state index contributed by atoms with van der Waals surface area (Å²) >= 11 is 0. The van der Waals surface area contributed by atoms with Gasteiger partial charge in [0.15, 0.2) is 5.82 Å². The maximum atomic E-state index is 12.0. The summed E-state index contributed by atoms with van der Waals surface area (Å²) < 4.78 is 7.55. The topological polar surface area (TPSA) is 81.1 Å². The van der Waals surface area contributed by atoms with E-state index in [4.69, 9.17) is 4.74 Å². The zero-order valence-corrected chi connectivity index (χ0v) is 15.1. The van der Waals surface area contributed by atoms with Gasteiger partial charge < -0.3 is 15.4 Å². The summed E-state index contributed by atoms with van der Waals surface area (Å²) in [5, 5.41) is 9.94. The van der Waals surface area contributed by atoms with Crippen LogP contribution in [-0.4, -0.2) is 40.1 Å². The molecule has 1 aliphatic carbocycles. The van der Waals surface area contributed by atoms with Crippen molar-refractivity contribution in [2.24, 2.45) is 0 Å². The fourth-order valence-corrected chi connectivity index (χ4v) is 3.16. The average Bonchev–Trinajstić information content (AvgIpc) is 3.22. The van der Waals surface area contributed by atoms with Crippen molar-refractivity contribution in [3.05, 3.63) is 42.4 Å². The highest BCUT2D eigenvalue weighted by atomic mass is 16.5. The number of hydrogen-bond donors (Lipinski definition) is 2. The lowest BCUT2D eigenvalue weighted by Gasteiger charge is -2.21. The minimum absolute atomic E-state index is 0.182. The molecule has 7 nitrogen and oxygen atoms in total. The van der Waals surface area contributed by atoms with Crippen molar-refractivity contribution in [3.63, 3.8) is 0 Å². The van der Waals surface area contributed by atoms with Gasteiger partial charge in [-0.25, -0.2) is 14.5 Å². The molecule has 1 fully saturated rings. The minimum Gasteiger partial charge on any atom is -0.378 e. The second-order valence-corrected chi connectivity index (χ2v) is 6.53. The van der Waals surface area contributed by atoms with Crippen molar-refractivity contribution in [2.45, 2.75) is 51.2 Å². The highest BCUT2D eigenvalue weighted by molar-refractivity contribution is 5.73. The van der Waals surface area contributed by atoms with Crippen molar-refractivity contribution in [2.75, 3.05) is 13.2 Å². The molecule has 26 heavy (non-hydrogen) atoms. The zero-order valence-electron chi connectivity index (χ0n) is 15.1. The standard InChI is InChI=1S/C19H27N5O2/c25-19(21-11-6-14-26-17-8-2-1-3-9-17)22-15-16-7-4-10-20-18(16)24-13-5-12-23-24/h4-5,7,10,12-13,17H,1-3,6,8-9,11,14-15H2,(H2,21,22,25). The normalized spacial score (nSPS) is 14.9. The number of urea groups is 1. The van der Waals surface area contributed by atoms with Gasteiger partial charge in [-0.05, 0) is 31.4 Å². The van der Waals surface area contributed by atoms with Crippen molar-refractivity contribution in [1.29, 1.82) is 0 Å². The Kier molecular flexibility index (Phi) is 7.01. The fraction of sp³-hybridized carbons (Fsp3) is 0.526. The Balaban J connectivity index is 1.34. The first-order valence-electron chi connectivity index (χ1n) is 9.40. The van der Waals surface area contributed by atoms with Crippen LogP contribution in [0.25, 0.3) is 5.82 Å². The van der Waals surface area contributed by atoms with Gasteiger partial charge in [0.25, 0.3) is 0 Å². The molecule has 3 rings (SSSR count). The van der Waals surface area contributed by atoms with Gasteiger partial charge >= 0.3 is 6.03 Å². The van der Waals surface area contributed by atoms with E-state index in [1.165, 1.54) is 32.1 Å². The van der Waals surface area contributed by atoms with E-state index in [9.17, 15) is 4.79 Å². The highest BCUT2D eigenvalue weighted by Crippen LogP contribution is 2.20. The summed E-state index contributed by atoms with van der Waals surface area (Å²) in [5.74, 6) is 0.721. The Labute approximate surface area is 154 Å². The van der Waals surface area contributed by atoms with Crippen LogP contribution in [0.15, 0.2) is 36.8 Å². The van der Waals surface area contributed by atoms with E-state index >= 15 is 0 Å². The molecule has 0 saturated heterocycles. The zero-order chi connectivity index (χ0) is 18.0. The van der Waals surface area contributed by atoms with Gasteiger partial charge in [0.05, 0.1) is 6.10 Å². The third kappa shape index (κ3) is 5.56. The Hall–Kier alpha value is -2.41. The van der Waals surface area contributed by atoms with Crippen LogP contribution in [0.2, 0.25) is 0 Å².